The zero-order valence-corrected chi connectivity index (χ0v) is 13.0. The van der Waals surface area contributed by atoms with Gasteiger partial charge in [0.1, 0.15) is 0 Å². The Hall–Kier alpha value is -1.86. The number of carbonyl (C=O) groups excluding carboxylic acids is 1. The van der Waals surface area contributed by atoms with E-state index in [-0.39, 0.29) is 6.07 Å². The molecule has 0 heterocycles. The standard InChI is InChI=1S/C12H11F6NO5S/c1-24-10(21)8(20)9(12(16,17)18)19-25(22,23)7-4-2-3-6(5-7)11(13,14)15/h2-5,8-9,19-20H,1H3/t8-,9-/m1/s1. The zero-order valence-electron chi connectivity index (χ0n) is 12.2. The van der Waals surface area contributed by atoms with Crippen molar-refractivity contribution in [1.82, 2.24) is 4.72 Å². The van der Waals surface area contributed by atoms with E-state index < -0.39 is 50.9 Å². The Morgan fingerprint density at radius 2 is 1.76 bits per heavy atom. The van der Waals surface area contributed by atoms with Gasteiger partial charge in [-0.3, -0.25) is 0 Å². The highest BCUT2D eigenvalue weighted by atomic mass is 32.2. The van der Waals surface area contributed by atoms with Gasteiger partial charge in [-0.2, -0.15) is 31.1 Å². The predicted octanol–water partition coefficient (Wildman–Crippen LogP) is 1.45. The Morgan fingerprint density at radius 1 is 1.20 bits per heavy atom. The fourth-order valence-electron chi connectivity index (χ4n) is 1.64. The lowest BCUT2D eigenvalue weighted by atomic mass is 10.2. The molecule has 2 atom stereocenters. The average Bonchev–Trinajstić information content (AvgIpc) is 2.49. The molecular formula is C12H11F6NO5S. The van der Waals surface area contributed by atoms with Crippen molar-refractivity contribution in [3.63, 3.8) is 0 Å². The number of esters is 1. The second-order valence-electron chi connectivity index (χ2n) is 4.63. The minimum absolute atomic E-state index is 0.111. The van der Waals surface area contributed by atoms with E-state index in [4.69, 9.17) is 0 Å². The molecule has 0 aliphatic carbocycles. The third kappa shape index (κ3) is 5.31. The number of rotatable bonds is 5. The van der Waals surface area contributed by atoms with Gasteiger partial charge < -0.3 is 9.84 Å². The van der Waals surface area contributed by atoms with Crippen LogP contribution in [0, 0.1) is 0 Å². The Kier molecular flexibility index (Phi) is 6.08. The van der Waals surface area contributed by atoms with E-state index in [1.54, 1.807) is 0 Å². The van der Waals surface area contributed by atoms with Crippen molar-refractivity contribution >= 4 is 16.0 Å². The number of nitrogens with one attached hydrogen (secondary N) is 1. The molecule has 0 aromatic heterocycles. The maximum Gasteiger partial charge on any atom is 0.416 e. The van der Waals surface area contributed by atoms with Gasteiger partial charge in [0.2, 0.25) is 10.0 Å². The molecule has 0 aliphatic rings. The lowest BCUT2D eigenvalue weighted by molar-refractivity contribution is -0.187. The second kappa shape index (κ2) is 7.17. The largest absolute Gasteiger partial charge is 0.467 e. The number of carbonyl (C=O) groups is 1. The summed E-state index contributed by atoms with van der Waals surface area (Å²) in [5, 5.41) is 9.31. The molecule has 142 valence electrons. The highest BCUT2D eigenvalue weighted by molar-refractivity contribution is 7.89. The number of methoxy groups -OCH3 is 1. The zero-order chi connectivity index (χ0) is 19.6. The van der Waals surface area contributed by atoms with Crippen LogP contribution in [0.4, 0.5) is 26.3 Å². The SMILES string of the molecule is COC(=O)[C@H](O)[C@@H](NS(=O)(=O)c1cccc(C(F)(F)F)c1)C(F)(F)F. The summed E-state index contributed by atoms with van der Waals surface area (Å²) in [6.07, 6.45) is -13.3. The first kappa shape index (κ1) is 21.2. The molecular weight excluding hydrogens is 384 g/mol. The van der Waals surface area contributed by atoms with Crippen LogP contribution >= 0.6 is 0 Å². The van der Waals surface area contributed by atoms with Crippen LogP contribution in [0.5, 0.6) is 0 Å². The normalized spacial score (nSPS) is 15.5. The van der Waals surface area contributed by atoms with Gasteiger partial charge in [0.15, 0.2) is 12.1 Å². The van der Waals surface area contributed by atoms with Gasteiger partial charge in [-0.05, 0) is 18.2 Å². The topological polar surface area (TPSA) is 92.7 Å². The number of ether oxygens (including phenoxy) is 1. The van der Waals surface area contributed by atoms with Crippen molar-refractivity contribution in [2.75, 3.05) is 7.11 Å². The molecule has 0 spiro atoms. The molecule has 0 fully saturated rings. The van der Waals surface area contributed by atoms with Gasteiger partial charge in [-0.1, -0.05) is 6.07 Å². The fourth-order valence-corrected chi connectivity index (χ4v) is 2.91. The van der Waals surface area contributed by atoms with Gasteiger partial charge >= 0.3 is 18.3 Å². The first-order valence-corrected chi connectivity index (χ1v) is 7.70. The number of hydrogen-bond acceptors (Lipinski definition) is 5. The smallest absolute Gasteiger partial charge is 0.416 e. The Labute approximate surface area is 137 Å². The second-order valence-corrected chi connectivity index (χ2v) is 6.35. The molecule has 0 saturated carbocycles. The van der Waals surface area contributed by atoms with E-state index in [1.807, 2.05) is 0 Å². The van der Waals surface area contributed by atoms with Crippen molar-refractivity contribution in [2.24, 2.45) is 0 Å². The summed E-state index contributed by atoms with van der Waals surface area (Å²) >= 11 is 0. The fraction of sp³-hybridized carbons (Fsp3) is 0.417. The molecule has 0 aliphatic heterocycles. The summed E-state index contributed by atoms with van der Waals surface area (Å²) in [6.45, 7) is 0. The van der Waals surface area contributed by atoms with Gasteiger partial charge in [-0.25, -0.2) is 13.2 Å². The number of sulfonamides is 1. The highest BCUT2D eigenvalue weighted by Crippen LogP contribution is 2.31. The highest BCUT2D eigenvalue weighted by Gasteiger charge is 2.50. The van der Waals surface area contributed by atoms with E-state index in [9.17, 15) is 44.7 Å². The van der Waals surface area contributed by atoms with Gasteiger partial charge in [0.25, 0.3) is 0 Å². The van der Waals surface area contributed by atoms with E-state index in [0.29, 0.717) is 25.3 Å². The minimum atomic E-state index is -5.43. The average molecular weight is 395 g/mol. The third-order valence-corrected chi connectivity index (χ3v) is 4.30. The van der Waals surface area contributed by atoms with E-state index in [0.717, 1.165) is 4.72 Å². The quantitative estimate of drug-likeness (QED) is 0.582. The summed E-state index contributed by atoms with van der Waals surface area (Å²) in [5.41, 5.74) is -1.41. The molecule has 1 aromatic carbocycles. The summed E-state index contributed by atoms with van der Waals surface area (Å²) in [6, 6.07) is -1.39. The summed E-state index contributed by atoms with van der Waals surface area (Å²) in [4.78, 5) is 9.92. The summed E-state index contributed by atoms with van der Waals surface area (Å²) in [7, 11) is -4.50. The molecule has 0 amide bonds. The van der Waals surface area contributed by atoms with Crippen LogP contribution < -0.4 is 4.72 Å². The predicted molar refractivity (Wildman–Crippen MR) is 69.6 cm³/mol. The molecule has 1 aromatic rings. The molecule has 13 heteroatoms. The monoisotopic (exact) mass is 395 g/mol. The van der Waals surface area contributed by atoms with Crippen molar-refractivity contribution < 1.29 is 49.4 Å². The first-order valence-electron chi connectivity index (χ1n) is 6.22. The van der Waals surface area contributed by atoms with Gasteiger partial charge in [-0.15, -0.1) is 0 Å². The summed E-state index contributed by atoms with van der Waals surface area (Å²) < 4.78 is 105. The maximum absolute atomic E-state index is 12.9. The molecule has 6 nitrogen and oxygen atoms in total. The van der Waals surface area contributed by atoms with Crippen molar-refractivity contribution in [2.45, 2.75) is 29.4 Å². The number of aliphatic hydroxyl groups excluding tert-OH is 1. The van der Waals surface area contributed by atoms with Crippen molar-refractivity contribution in [3.8, 4) is 0 Å². The van der Waals surface area contributed by atoms with Crippen LogP contribution in [0.15, 0.2) is 29.2 Å². The number of alkyl halides is 6. The van der Waals surface area contributed by atoms with Crippen molar-refractivity contribution in [3.05, 3.63) is 29.8 Å². The van der Waals surface area contributed by atoms with Crippen LogP contribution in [0.1, 0.15) is 5.56 Å². The molecule has 1 rings (SSSR count). The molecule has 0 bridgehead atoms. The lowest BCUT2D eigenvalue weighted by Gasteiger charge is -2.24. The Morgan fingerprint density at radius 3 is 2.20 bits per heavy atom. The van der Waals surface area contributed by atoms with Crippen LogP contribution in [0.2, 0.25) is 0 Å². The van der Waals surface area contributed by atoms with Crippen LogP contribution in [0.25, 0.3) is 0 Å². The molecule has 2 N–H and O–H groups in total. The molecule has 0 unspecified atom stereocenters. The number of aliphatic hydroxyl groups is 1. The van der Waals surface area contributed by atoms with E-state index in [1.165, 1.54) is 0 Å². The van der Waals surface area contributed by atoms with Crippen LogP contribution in [-0.2, 0) is 25.7 Å². The van der Waals surface area contributed by atoms with Gasteiger partial charge in [0.05, 0.1) is 17.6 Å². The maximum atomic E-state index is 12.9. The minimum Gasteiger partial charge on any atom is -0.467 e. The Bertz CT molecular complexity index is 730. The van der Waals surface area contributed by atoms with Crippen LogP contribution in [0.3, 0.4) is 0 Å². The first-order chi connectivity index (χ1) is 11.2. The number of halogens is 6. The van der Waals surface area contributed by atoms with E-state index in [2.05, 4.69) is 4.74 Å². The van der Waals surface area contributed by atoms with E-state index >= 15 is 0 Å². The molecule has 0 saturated heterocycles. The third-order valence-electron chi connectivity index (χ3n) is 2.86. The van der Waals surface area contributed by atoms with Crippen molar-refractivity contribution in [1.29, 1.82) is 0 Å². The number of benzene rings is 1. The molecule has 25 heavy (non-hydrogen) atoms. The Balaban J connectivity index is 3.26. The lowest BCUT2D eigenvalue weighted by Crippen LogP contribution is -2.55. The van der Waals surface area contributed by atoms with Crippen LogP contribution in [-0.4, -0.2) is 44.9 Å². The summed E-state index contributed by atoms with van der Waals surface area (Å²) in [5.74, 6) is -1.78. The molecule has 0 radical (unpaired) electrons. The number of hydrogen-bond donors (Lipinski definition) is 2. The van der Waals surface area contributed by atoms with Gasteiger partial charge in [0, 0.05) is 0 Å².